The molecule has 2 N–H and O–H groups in total. The van der Waals surface area contributed by atoms with Gasteiger partial charge in [-0.3, -0.25) is 24.3 Å². The van der Waals surface area contributed by atoms with E-state index in [4.69, 9.17) is 5.11 Å². The lowest BCUT2D eigenvalue weighted by Crippen LogP contribution is -2.44. The standard InChI is InChI=1S/C16H28N4O5/c1-17-15(23)3-2-14(13-22)20-8-6-18(10-11-21)4-5-19(7-9-20)12-16(24)25/h11,13-14H,2-10,12H2,1H3,(H,17,23)(H,24,25). The first-order chi connectivity index (χ1) is 12.0. The predicted octanol–water partition coefficient (Wildman–Crippen LogP) is -1.72. The third-order valence-corrected chi connectivity index (χ3v) is 4.40. The van der Waals surface area contributed by atoms with Crippen LogP contribution in [0.3, 0.4) is 0 Å². The van der Waals surface area contributed by atoms with Crippen molar-refractivity contribution in [1.29, 1.82) is 0 Å². The van der Waals surface area contributed by atoms with Crippen LogP contribution in [0.5, 0.6) is 0 Å². The number of carboxylic acids is 1. The Kier molecular flexibility index (Phi) is 9.90. The lowest BCUT2D eigenvalue weighted by Gasteiger charge is -2.29. The summed E-state index contributed by atoms with van der Waals surface area (Å²) in [4.78, 5) is 50.5. The largest absolute Gasteiger partial charge is 0.480 e. The van der Waals surface area contributed by atoms with Crippen LogP contribution >= 0.6 is 0 Å². The number of carbonyl (C=O) groups excluding carboxylic acids is 3. The van der Waals surface area contributed by atoms with E-state index in [9.17, 15) is 19.2 Å². The van der Waals surface area contributed by atoms with Crippen molar-refractivity contribution in [3.63, 3.8) is 0 Å². The minimum Gasteiger partial charge on any atom is -0.480 e. The minimum atomic E-state index is -0.903. The summed E-state index contributed by atoms with van der Waals surface area (Å²) < 4.78 is 0. The number of nitrogens with zero attached hydrogens (tertiary/aromatic N) is 3. The van der Waals surface area contributed by atoms with Crippen molar-refractivity contribution in [2.24, 2.45) is 0 Å². The second-order valence-electron chi connectivity index (χ2n) is 6.09. The fourth-order valence-corrected chi connectivity index (χ4v) is 2.87. The number of rotatable bonds is 9. The van der Waals surface area contributed by atoms with E-state index in [1.54, 1.807) is 11.9 Å². The van der Waals surface area contributed by atoms with Gasteiger partial charge in [0.15, 0.2) is 0 Å². The molecule has 1 heterocycles. The number of aldehydes is 2. The van der Waals surface area contributed by atoms with Gasteiger partial charge >= 0.3 is 5.97 Å². The first kappa shape index (κ1) is 21.2. The van der Waals surface area contributed by atoms with Gasteiger partial charge in [-0.1, -0.05) is 0 Å². The molecule has 1 atom stereocenters. The fraction of sp³-hybridized carbons (Fsp3) is 0.750. The molecule has 9 nitrogen and oxygen atoms in total. The van der Waals surface area contributed by atoms with Crippen LogP contribution < -0.4 is 5.32 Å². The first-order valence-corrected chi connectivity index (χ1v) is 8.50. The fourth-order valence-electron chi connectivity index (χ4n) is 2.87. The van der Waals surface area contributed by atoms with Gasteiger partial charge in [0.2, 0.25) is 5.91 Å². The maximum absolute atomic E-state index is 11.5. The SMILES string of the molecule is CNC(=O)CCC(C=O)N1CCN(CC=O)CCN(CC(=O)O)CC1. The molecule has 0 aromatic carbocycles. The van der Waals surface area contributed by atoms with E-state index in [1.165, 1.54) is 0 Å². The van der Waals surface area contributed by atoms with Gasteiger partial charge in [0.25, 0.3) is 0 Å². The Bertz CT molecular complexity index is 460. The molecule has 0 aliphatic carbocycles. The Balaban J connectivity index is 2.77. The summed E-state index contributed by atoms with van der Waals surface area (Å²) in [6.45, 7) is 3.62. The van der Waals surface area contributed by atoms with E-state index < -0.39 is 12.0 Å². The molecule has 1 saturated heterocycles. The molecule has 0 bridgehead atoms. The maximum Gasteiger partial charge on any atom is 0.317 e. The Hall–Kier alpha value is -1.84. The summed E-state index contributed by atoms with van der Waals surface area (Å²) in [5.74, 6) is -1.02. The Labute approximate surface area is 147 Å². The number of aliphatic carboxylic acids is 1. The highest BCUT2D eigenvalue weighted by Crippen LogP contribution is 2.08. The topological polar surface area (TPSA) is 110 Å². The summed E-state index contributed by atoms with van der Waals surface area (Å²) in [6, 6.07) is -0.403. The maximum atomic E-state index is 11.5. The molecule has 0 spiro atoms. The van der Waals surface area contributed by atoms with Gasteiger partial charge in [-0.05, 0) is 6.42 Å². The summed E-state index contributed by atoms with van der Waals surface area (Å²) in [5.41, 5.74) is 0. The molecular weight excluding hydrogens is 328 g/mol. The van der Waals surface area contributed by atoms with Gasteiger partial charge in [-0.15, -0.1) is 0 Å². The predicted molar refractivity (Wildman–Crippen MR) is 91.3 cm³/mol. The average molecular weight is 356 g/mol. The summed E-state index contributed by atoms with van der Waals surface area (Å²) in [5, 5.41) is 11.6. The molecule has 25 heavy (non-hydrogen) atoms. The highest BCUT2D eigenvalue weighted by atomic mass is 16.4. The van der Waals surface area contributed by atoms with Gasteiger partial charge in [0.1, 0.15) is 12.6 Å². The van der Waals surface area contributed by atoms with Gasteiger partial charge in [-0.25, -0.2) is 0 Å². The first-order valence-electron chi connectivity index (χ1n) is 8.50. The zero-order chi connectivity index (χ0) is 18.7. The monoisotopic (exact) mass is 356 g/mol. The van der Waals surface area contributed by atoms with Crippen LogP contribution in [0.15, 0.2) is 0 Å². The molecule has 1 aliphatic heterocycles. The number of nitrogens with one attached hydrogen (secondary N) is 1. The molecule has 1 rings (SSSR count). The van der Waals surface area contributed by atoms with E-state index in [1.807, 2.05) is 9.80 Å². The van der Waals surface area contributed by atoms with Gasteiger partial charge in [0, 0.05) is 52.7 Å². The molecule has 1 aliphatic rings. The Morgan fingerprint density at radius 3 is 2.24 bits per heavy atom. The summed E-state index contributed by atoms with van der Waals surface area (Å²) >= 11 is 0. The molecule has 1 unspecified atom stereocenters. The molecule has 0 radical (unpaired) electrons. The van der Waals surface area contributed by atoms with Crippen LogP contribution in [0, 0.1) is 0 Å². The van der Waals surface area contributed by atoms with Crippen molar-refractivity contribution in [2.45, 2.75) is 18.9 Å². The quantitative estimate of drug-likeness (QED) is 0.470. The summed E-state index contributed by atoms with van der Waals surface area (Å²) in [6.07, 6.45) is 2.34. The van der Waals surface area contributed by atoms with E-state index in [0.717, 1.165) is 12.6 Å². The van der Waals surface area contributed by atoms with Crippen LogP contribution in [0.2, 0.25) is 0 Å². The lowest BCUT2D eigenvalue weighted by atomic mass is 10.1. The number of amides is 1. The van der Waals surface area contributed by atoms with Gasteiger partial charge in [-0.2, -0.15) is 0 Å². The molecule has 1 amide bonds. The second-order valence-corrected chi connectivity index (χ2v) is 6.09. The van der Waals surface area contributed by atoms with E-state index >= 15 is 0 Å². The Morgan fingerprint density at radius 2 is 1.68 bits per heavy atom. The van der Waals surface area contributed by atoms with Crippen molar-refractivity contribution in [3.8, 4) is 0 Å². The van der Waals surface area contributed by atoms with Crippen LogP contribution in [-0.2, 0) is 19.2 Å². The number of carbonyl (C=O) groups is 4. The van der Waals surface area contributed by atoms with Crippen molar-refractivity contribution in [1.82, 2.24) is 20.0 Å². The molecule has 142 valence electrons. The van der Waals surface area contributed by atoms with E-state index in [2.05, 4.69) is 5.32 Å². The molecule has 0 saturated carbocycles. The zero-order valence-electron chi connectivity index (χ0n) is 14.7. The highest BCUT2D eigenvalue weighted by Gasteiger charge is 2.23. The summed E-state index contributed by atoms with van der Waals surface area (Å²) in [7, 11) is 1.56. The number of hydrogen-bond donors (Lipinski definition) is 2. The van der Waals surface area contributed by atoms with Crippen molar-refractivity contribution in [2.75, 3.05) is 59.4 Å². The van der Waals surface area contributed by atoms with Crippen LogP contribution in [0.1, 0.15) is 12.8 Å². The minimum absolute atomic E-state index is 0.0766. The van der Waals surface area contributed by atoms with Gasteiger partial charge < -0.3 is 20.0 Å². The zero-order valence-corrected chi connectivity index (χ0v) is 14.7. The van der Waals surface area contributed by atoms with E-state index in [-0.39, 0.29) is 25.4 Å². The lowest BCUT2D eigenvalue weighted by molar-refractivity contribution is -0.138. The Morgan fingerprint density at radius 1 is 1.08 bits per heavy atom. The average Bonchev–Trinajstić information content (AvgIpc) is 2.67. The van der Waals surface area contributed by atoms with Crippen LogP contribution in [-0.4, -0.2) is 110 Å². The normalized spacial score (nSPS) is 19.2. The molecule has 0 aromatic rings. The number of carboxylic acid groups (broad SMARTS) is 1. The molecular formula is C16H28N4O5. The number of hydrogen-bond acceptors (Lipinski definition) is 7. The molecule has 0 aromatic heterocycles. The van der Waals surface area contributed by atoms with Crippen LogP contribution in [0.4, 0.5) is 0 Å². The molecule has 9 heteroatoms. The molecule has 1 fully saturated rings. The van der Waals surface area contributed by atoms with Crippen molar-refractivity contribution < 1.29 is 24.3 Å². The highest BCUT2D eigenvalue weighted by molar-refractivity contribution is 5.76. The second kappa shape index (κ2) is 11.7. The van der Waals surface area contributed by atoms with Crippen LogP contribution in [0.25, 0.3) is 0 Å². The van der Waals surface area contributed by atoms with Crippen molar-refractivity contribution >= 4 is 24.4 Å². The third-order valence-electron chi connectivity index (χ3n) is 4.40. The van der Waals surface area contributed by atoms with Crippen molar-refractivity contribution in [3.05, 3.63) is 0 Å². The third kappa shape index (κ3) is 8.19. The smallest absolute Gasteiger partial charge is 0.317 e. The van der Waals surface area contributed by atoms with E-state index in [0.29, 0.717) is 45.7 Å². The van der Waals surface area contributed by atoms with Gasteiger partial charge in [0.05, 0.1) is 19.1 Å².